The smallest absolute Gasteiger partial charge is 0.131 e. The summed E-state index contributed by atoms with van der Waals surface area (Å²) in [5.74, 6) is 1.04. The van der Waals surface area contributed by atoms with Crippen molar-refractivity contribution in [2.75, 3.05) is 6.54 Å². The summed E-state index contributed by atoms with van der Waals surface area (Å²) in [5, 5.41) is 0. The van der Waals surface area contributed by atoms with Crippen LogP contribution in [0.4, 0.5) is 4.39 Å². The van der Waals surface area contributed by atoms with Gasteiger partial charge in [0.15, 0.2) is 0 Å². The van der Waals surface area contributed by atoms with Crippen molar-refractivity contribution in [3.8, 4) is 11.3 Å². The second-order valence-corrected chi connectivity index (χ2v) is 7.38. The molecule has 27 heavy (non-hydrogen) atoms. The Morgan fingerprint density at radius 1 is 1.11 bits per heavy atom. The minimum absolute atomic E-state index is 0.242. The van der Waals surface area contributed by atoms with Gasteiger partial charge in [-0.15, -0.1) is 0 Å². The fourth-order valence-corrected chi connectivity index (χ4v) is 3.40. The monoisotopic (exact) mass is 362 g/mol. The summed E-state index contributed by atoms with van der Waals surface area (Å²) in [7, 11) is 0. The Labute approximate surface area is 159 Å². The van der Waals surface area contributed by atoms with Crippen LogP contribution in [0.1, 0.15) is 42.4 Å². The first-order valence-electron chi connectivity index (χ1n) is 9.36. The van der Waals surface area contributed by atoms with E-state index in [0.29, 0.717) is 5.92 Å². The van der Waals surface area contributed by atoms with Crippen LogP contribution < -0.4 is 0 Å². The molecule has 3 heterocycles. The lowest BCUT2D eigenvalue weighted by Gasteiger charge is -2.28. The first-order valence-corrected chi connectivity index (χ1v) is 9.36. The quantitative estimate of drug-likeness (QED) is 0.692. The Kier molecular flexibility index (Phi) is 4.94. The van der Waals surface area contributed by atoms with Gasteiger partial charge in [0, 0.05) is 61.2 Å². The van der Waals surface area contributed by atoms with Crippen LogP contribution in [0, 0.1) is 5.82 Å². The van der Waals surface area contributed by atoms with Crippen molar-refractivity contribution in [2.45, 2.75) is 39.3 Å². The van der Waals surface area contributed by atoms with Crippen molar-refractivity contribution in [2.24, 2.45) is 0 Å². The number of nitrogens with zero attached hydrogens (tertiary/aromatic N) is 4. The van der Waals surface area contributed by atoms with Gasteiger partial charge in [0.25, 0.3) is 0 Å². The van der Waals surface area contributed by atoms with Crippen LogP contribution in [0.2, 0.25) is 0 Å². The van der Waals surface area contributed by atoms with E-state index in [1.54, 1.807) is 6.07 Å². The largest absolute Gasteiger partial charge is 0.294 e. The Balaban J connectivity index is 1.44. The van der Waals surface area contributed by atoms with Crippen LogP contribution in [0.15, 0.2) is 48.8 Å². The molecule has 1 aliphatic rings. The topological polar surface area (TPSA) is 41.9 Å². The molecule has 0 saturated heterocycles. The molecule has 0 radical (unpaired) electrons. The number of hydrogen-bond donors (Lipinski definition) is 0. The van der Waals surface area contributed by atoms with Gasteiger partial charge in [-0.3, -0.25) is 9.88 Å². The summed E-state index contributed by atoms with van der Waals surface area (Å²) in [6, 6.07) is 10.6. The summed E-state index contributed by atoms with van der Waals surface area (Å²) < 4.78 is 13.4. The lowest BCUT2D eigenvalue weighted by Crippen LogP contribution is -2.31. The summed E-state index contributed by atoms with van der Waals surface area (Å²) in [5.41, 5.74) is 5.14. The highest BCUT2D eigenvalue weighted by molar-refractivity contribution is 5.58. The molecule has 0 amide bonds. The van der Waals surface area contributed by atoms with Crippen molar-refractivity contribution < 1.29 is 4.39 Å². The molecule has 0 aliphatic carbocycles. The fraction of sp³-hybridized carbons (Fsp3) is 0.318. The predicted octanol–water partition coefficient (Wildman–Crippen LogP) is 4.36. The molecule has 0 saturated carbocycles. The summed E-state index contributed by atoms with van der Waals surface area (Å²) in [6.45, 7) is 6.92. The third-order valence-electron chi connectivity index (χ3n) is 4.90. The maximum absolute atomic E-state index is 13.4. The molecule has 0 unspecified atom stereocenters. The molecule has 4 nitrogen and oxygen atoms in total. The van der Waals surface area contributed by atoms with E-state index in [1.807, 2.05) is 24.5 Å². The zero-order valence-corrected chi connectivity index (χ0v) is 15.7. The molecule has 3 aromatic rings. The lowest BCUT2D eigenvalue weighted by atomic mass is 10.1. The molecule has 0 fully saturated rings. The maximum atomic E-state index is 13.4. The van der Waals surface area contributed by atoms with Crippen LogP contribution >= 0.6 is 0 Å². The number of benzene rings is 1. The Hall–Kier alpha value is -2.66. The van der Waals surface area contributed by atoms with E-state index in [1.165, 1.54) is 23.4 Å². The van der Waals surface area contributed by atoms with Crippen LogP contribution in [0.5, 0.6) is 0 Å². The summed E-state index contributed by atoms with van der Waals surface area (Å²) in [6.07, 6.45) is 4.82. The van der Waals surface area contributed by atoms with Crippen molar-refractivity contribution in [1.82, 2.24) is 19.9 Å². The van der Waals surface area contributed by atoms with Crippen LogP contribution in [-0.4, -0.2) is 26.4 Å². The summed E-state index contributed by atoms with van der Waals surface area (Å²) >= 11 is 0. The third kappa shape index (κ3) is 4.03. The first-order chi connectivity index (χ1) is 13.1. The van der Waals surface area contributed by atoms with Crippen LogP contribution in [0.3, 0.4) is 0 Å². The molecule has 4 rings (SSSR count). The van der Waals surface area contributed by atoms with Crippen LogP contribution in [-0.2, 0) is 19.5 Å². The molecule has 138 valence electrons. The molecule has 2 aromatic heterocycles. The minimum Gasteiger partial charge on any atom is -0.294 e. The van der Waals surface area contributed by atoms with E-state index in [0.717, 1.165) is 48.7 Å². The molecule has 1 aliphatic heterocycles. The number of fused-ring (bicyclic) bond motifs is 1. The van der Waals surface area contributed by atoms with Gasteiger partial charge in [-0.2, -0.15) is 0 Å². The highest BCUT2D eigenvalue weighted by atomic mass is 19.1. The van der Waals surface area contributed by atoms with E-state index in [4.69, 9.17) is 4.98 Å². The van der Waals surface area contributed by atoms with E-state index in [2.05, 4.69) is 34.8 Å². The second kappa shape index (κ2) is 7.53. The van der Waals surface area contributed by atoms with Gasteiger partial charge in [-0.25, -0.2) is 14.4 Å². The van der Waals surface area contributed by atoms with E-state index in [-0.39, 0.29) is 5.82 Å². The van der Waals surface area contributed by atoms with Gasteiger partial charge in [-0.1, -0.05) is 32.0 Å². The summed E-state index contributed by atoms with van der Waals surface area (Å²) in [4.78, 5) is 16.1. The molecule has 0 atom stereocenters. The molecule has 5 heteroatoms. The van der Waals surface area contributed by atoms with Gasteiger partial charge in [0.1, 0.15) is 11.6 Å². The lowest BCUT2D eigenvalue weighted by molar-refractivity contribution is 0.242. The Morgan fingerprint density at radius 2 is 2.00 bits per heavy atom. The average molecular weight is 362 g/mol. The number of aromatic nitrogens is 3. The Morgan fingerprint density at radius 3 is 2.74 bits per heavy atom. The average Bonchev–Trinajstić information content (AvgIpc) is 2.68. The second-order valence-electron chi connectivity index (χ2n) is 7.38. The molecule has 1 aromatic carbocycles. The van der Waals surface area contributed by atoms with Crippen molar-refractivity contribution >= 4 is 0 Å². The predicted molar refractivity (Wildman–Crippen MR) is 104 cm³/mol. The van der Waals surface area contributed by atoms with Gasteiger partial charge in [-0.05, 0) is 23.8 Å². The third-order valence-corrected chi connectivity index (χ3v) is 4.90. The molecule has 0 bridgehead atoms. The van der Waals surface area contributed by atoms with Gasteiger partial charge >= 0.3 is 0 Å². The van der Waals surface area contributed by atoms with Gasteiger partial charge < -0.3 is 0 Å². The molecular weight excluding hydrogens is 339 g/mol. The van der Waals surface area contributed by atoms with E-state index >= 15 is 0 Å². The zero-order valence-electron chi connectivity index (χ0n) is 15.7. The zero-order chi connectivity index (χ0) is 18.8. The minimum atomic E-state index is -0.242. The van der Waals surface area contributed by atoms with Crippen molar-refractivity contribution in [3.05, 3.63) is 77.3 Å². The van der Waals surface area contributed by atoms with Crippen molar-refractivity contribution in [3.63, 3.8) is 0 Å². The standard InChI is InChI=1S/C22H23FN4/c1-15(2)22-25-12-18-14-27(9-8-21(18)26-22)13-16-6-7-20(24-11-16)17-4-3-5-19(23)10-17/h3-7,10-12,15H,8-9,13-14H2,1-2H3. The van der Waals surface area contributed by atoms with Gasteiger partial charge in [0.2, 0.25) is 0 Å². The van der Waals surface area contributed by atoms with Crippen molar-refractivity contribution in [1.29, 1.82) is 0 Å². The normalized spacial score (nSPS) is 14.4. The Bertz CT molecular complexity index is 937. The number of rotatable bonds is 4. The first kappa shape index (κ1) is 17.7. The highest BCUT2D eigenvalue weighted by Crippen LogP contribution is 2.22. The fourth-order valence-electron chi connectivity index (χ4n) is 3.40. The number of halogens is 1. The maximum Gasteiger partial charge on any atom is 0.131 e. The van der Waals surface area contributed by atoms with Crippen LogP contribution in [0.25, 0.3) is 11.3 Å². The SMILES string of the molecule is CC(C)c1ncc2c(n1)CCN(Cc1ccc(-c3cccc(F)c3)nc1)C2. The highest BCUT2D eigenvalue weighted by Gasteiger charge is 2.19. The van der Waals surface area contributed by atoms with E-state index in [9.17, 15) is 4.39 Å². The van der Waals surface area contributed by atoms with E-state index < -0.39 is 0 Å². The number of hydrogen-bond acceptors (Lipinski definition) is 4. The molecular formula is C22H23FN4. The molecule has 0 spiro atoms. The number of pyridine rings is 1. The van der Waals surface area contributed by atoms with Gasteiger partial charge in [0.05, 0.1) is 5.69 Å². The molecule has 0 N–H and O–H groups in total.